The lowest BCUT2D eigenvalue weighted by molar-refractivity contribution is 0.0886. The van der Waals surface area contributed by atoms with Crippen LogP contribution in [0.3, 0.4) is 0 Å². The van der Waals surface area contributed by atoms with Gasteiger partial charge in [0.1, 0.15) is 0 Å². The Morgan fingerprint density at radius 2 is 1.88 bits per heavy atom. The van der Waals surface area contributed by atoms with Gasteiger partial charge in [0.2, 0.25) is 0 Å². The van der Waals surface area contributed by atoms with Crippen LogP contribution in [0.5, 0.6) is 0 Å². The summed E-state index contributed by atoms with van der Waals surface area (Å²) in [7, 11) is 0. The molecule has 0 aliphatic rings. The Labute approximate surface area is 105 Å². The third-order valence-corrected chi connectivity index (χ3v) is 3.85. The fourth-order valence-electron chi connectivity index (χ4n) is 2.11. The molecule has 3 unspecified atom stereocenters. The first-order chi connectivity index (χ1) is 8.01. The van der Waals surface area contributed by atoms with Gasteiger partial charge in [-0.15, -0.1) is 0 Å². The van der Waals surface area contributed by atoms with Gasteiger partial charge >= 0.3 is 0 Å². The van der Waals surface area contributed by atoms with Gasteiger partial charge in [-0.3, -0.25) is 0 Å². The van der Waals surface area contributed by atoms with Gasteiger partial charge in [0.05, 0.1) is 6.10 Å². The maximum atomic E-state index is 10.3. The minimum Gasteiger partial charge on any atom is -0.392 e. The maximum absolute atomic E-state index is 10.3. The zero-order valence-corrected chi connectivity index (χ0v) is 11.4. The molecule has 1 aromatic rings. The first kappa shape index (κ1) is 14.2. The predicted octanol–water partition coefficient (Wildman–Crippen LogP) is 2.75. The van der Waals surface area contributed by atoms with Gasteiger partial charge in [0.25, 0.3) is 0 Å². The molecule has 1 rings (SSSR count). The summed E-state index contributed by atoms with van der Waals surface area (Å²) in [5.74, 6) is 0.328. The minimum atomic E-state index is -0.355. The Hall–Kier alpha value is -0.860. The zero-order chi connectivity index (χ0) is 13.0. The quantitative estimate of drug-likeness (QED) is 0.824. The van der Waals surface area contributed by atoms with Crippen LogP contribution in [-0.2, 0) is 0 Å². The molecule has 0 fully saturated rings. The molecule has 0 spiro atoms. The van der Waals surface area contributed by atoms with E-state index < -0.39 is 0 Å². The van der Waals surface area contributed by atoms with Crippen molar-refractivity contribution in [3.8, 4) is 0 Å². The lowest BCUT2D eigenvalue weighted by atomic mass is 9.84. The average Bonchev–Trinajstić information content (AvgIpc) is 2.33. The highest BCUT2D eigenvalue weighted by Gasteiger charge is 2.24. The SMILES string of the molecule is CCC(C)C(O)C(CN)c1ccc(C)c(C)c1. The van der Waals surface area contributed by atoms with E-state index in [4.69, 9.17) is 5.73 Å². The highest BCUT2D eigenvalue weighted by molar-refractivity contribution is 5.32. The predicted molar refractivity (Wildman–Crippen MR) is 73.2 cm³/mol. The summed E-state index contributed by atoms with van der Waals surface area (Å²) in [5, 5.41) is 10.3. The van der Waals surface area contributed by atoms with Gasteiger partial charge in [-0.1, -0.05) is 38.5 Å². The Morgan fingerprint density at radius 3 is 2.35 bits per heavy atom. The van der Waals surface area contributed by atoms with E-state index in [1.165, 1.54) is 11.1 Å². The van der Waals surface area contributed by atoms with Gasteiger partial charge in [0, 0.05) is 12.5 Å². The largest absolute Gasteiger partial charge is 0.392 e. The van der Waals surface area contributed by atoms with Crippen LogP contribution < -0.4 is 5.73 Å². The van der Waals surface area contributed by atoms with Gasteiger partial charge in [0.15, 0.2) is 0 Å². The molecule has 0 aromatic heterocycles. The van der Waals surface area contributed by atoms with Crippen molar-refractivity contribution >= 4 is 0 Å². The normalized spacial score (nSPS) is 16.6. The molecular weight excluding hydrogens is 210 g/mol. The van der Waals surface area contributed by atoms with E-state index in [0.717, 1.165) is 12.0 Å². The van der Waals surface area contributed by atoms with Crippen LogP contribution in [0.4, 0.5) is 0 Å². The Bertz CT molecular complexity index is 362. The fraction of sp³-hybridized carbons (Fsp3) is 0.600. The van der Waals surface area contributed by atoms with E-state index in [2.05, 4.69) is 45.9 Å². The van der Waals surface area contributed by atoms with Crippen LogP contribution >= 0.6 is 0 Å². The average molecular weight is 235 g/mol. The summed E-state index contributed by atoms with van der Waals surface area (Å²) >= 11 is 0. The Morgan fingerprint density at radius 1 is 1.24 bits per heavy atom. The molecule has 0 amide bonds. The topological polar surface area (TPSA) is 46.2 Å². The van der Waals surface area contributed by atoms with Crippen LogP contribution in [0, 0.1) is 19.8 Å². The summed E-state index contributed by atoms with van der Waals surface area (Å²) in [6.07, 6.45) is 0.620. The standard InChI is InChI=1S/C15H25NO/c1-5-10(2)15(17)14(9-16)13-7-6-11(3)12(4)8-13/h6-8,10,14-15,17H,5,9,16H2,1-4H3. The first-order valence-corrected chi connectivity index (χ1v) is 6.46. The number of benzene rings is 1. The van der Waals surface area contributed by atoms with Crippen LogP contribution in [0.1, 0.15) is 42.9 Å². The third kappa shape index (κ3) is 3.30. The van der Waals surface area contributed by atoms with Crippen molar-refractivity contribution in [3.05, 3.63) is 34.9 Å². The smallest absolute Gasteiger partial charge is 0.0646 e. The van der Waals surface area contributed by atoms with Crippen molar-refractivity contribution < 1.29 is 5.11 Å². The first-order valence-electron chi connectivity index (χ1n) is 6.46. The molecule has 0 saturated carbocycles. The van der Waals surface area contributed by atoms with E-state index >= 15 is 0 Å². The number of nitrogens with two attached hydrogens (primary N) is 1. The molecule has 3 atom stereocenters. The van der Waals surface area contributed by atoms with Crippen molar-refractivity contribution in [2.24, 2.45) is 11.7 Å². The number of aryl methyl sites for hydroxylation is 2. The second-order valence-corrected chi connectivity index (χ2v) is 5.06. The fourth-order valence-corrected chi connectivity index (χ4v) is 2.11. The second-order valence-electron chi connectivity index (χ2n) is 5.06. The molecule has 2 nitrogen and oxygen atoms in total. The number of hydrogen-bond donors (Lipinski definition) is 2. The Kier molecular flexibility index (Phi) is 5.16. The number of hydrogen-bond acceptors (Lipinski definition) is 2. The monoisotopic (exact) mass is 235 g/mol. The van der Waals surface area contributed by atoms with E-state index in [1.54, 1.807) is 0 Å². The number of rotatable bonds is 5. The van der Waals surface area contributed by atoms with Gasteiger partial charge < -0.3 is 10.8 Å². The van der Waals surface area contributed by atoms with Crippen LogP contribution in [0.15, 0.2) is 18.2 Å². The summed E-state index contributed by atoms with van der Waals surface area (Å²) in [6, 6.07) is 6.35. The van der Waals surface area contributed by atoms with Crippen LogP contribution in [-0.4, -0.2) is 17.8 Å². The highest BCUT2D eigenvalue weighted by Crippen LogP contribution is 2.26. The Balaban J connectivity index is 2.97. The lowest BCUT2D eigenvalue weighted by Crippen LogP contribution is -2.31. The van der Waals surface area contributed by atoms with Crippen LogP contribution in [0.25, 0.3) is 0 Å². The van der Waals surface area contributed by atoms with Crippen molar-refractivity contribution in [1.29, 1.82) is 0 Å². The molecule has 0 bridgehead atoms. The lowest BCUT2D eigenvalue weighted by Gasteiger charge is -2.27. The van der Waals surface area contributed by atoms with Crippen molar-refractivity contribution in [1.82, 2.24) is 0 Å². The van der Waals surface area contributed by atoms with E-state index in [1.807, 2.05) is 0 Å². The number of aliphatic hydroxyl groups excluding tert-OH is 1. The molecule has 2 heteroatoms. The van der Waals surface area contributed by atoms with E-state index in [0.29, 0.717) is 6.54 Å². The van der Waals surface area contributed by atoms with Gasteiger partial charge in [-0.25, -0.2) is 0 Å². The summed E-state index contributed by atoms with van der Waals surface area (Å²) in [6.45, 7) is 8.87. The van der Waals surface area contributed by atoms with E-state index in [9.17, 15) is 5.11 Å². The molecule has 0 saturated heterocycles. The molecular formula is C15H25NO. The molecule has 3 N–H and O–H groups in total. The van der Waals surface area contributed by atoms with Crippen molar-refractivity contribution in [2.75, 3.05) is 6.54 Å². The van der Waals surface area contributed by atoms with Gasteiger partial charge in [-0.05, 0) is 36.5 Å². The molecule has 96 valence electrons. The zero-order valence-electron chi connectivity index (χ0n) is 11.4. The molecule has 0 aliphatic heterocycles. The molecule has 0 radical (unpaired) electrons. The van der Waals surface area contributed by atoms with Crippen molar-refractivity contribution in [3.63, 3.8) is 0 Å². The highest BCUT2D eigenvalue weighted by atomic mass is 16.3. The van der Waals surface area contributed by atoms with Crippen LogP contribution in [0.2, 0.25) is 0 Å². The molecule has 0 heterocycles. The van der Waals surface area contributed by atoms with Gasteiger partial charge in [-0.2, -0.15) is 0 Å². The minimum absolute atomic E-state index is 0.0456. The summed E-state index contributed by atoms with van der Waals surface area (Å²) < 4.78 is 0. The number of aliphatic hydroxyl groups is 1. The summed E-state index contributed by atoms with van der Waals surface area (Å²) in [4.78, 5) is 0. The molecule has 0 aliphatic carbocycles. The maximum Gasteiger partial charge on any atom is 0.0646 e. The van der Waals surface area contributed by atoms with E-state index in [-0.39, 0.29) is 17.9 Å². The second kappa shape index (κ2) is 6.18. The third-order valence-electron chi connectivity index (χ3n) is 3.85. The molecule has 17 heavy (non-hydrogen) atoms. The summed E-state index contributed by atoms with van der Waals surface area (Å²) in [5.41, 5.74) is 9.52. The van der Waals surface area contributed by atoms with Crippen molar-refractivity contribution in [2.45, 2.75) is 46.1 Å². The molecule has 1 aromatic carbocycles.